The number of benzene rings is 1. The highest BCUT2D eigenvalue weighted by Gasteiger charge is 2.32. The number of hydrogen-bond donors (Lipinski definition) is 0. The lowest BCUT2D eigenvalue weighted by Crippen LogP contribution is -2.27. The molecule has 0 saturated heterocycles. The predicted molar refractivity (Wildman–Crippen MR) is 111 cm³/mol. The normalized spacial score (nSPS) is 16.1. The monoisotopic (exact) mass is 403 g/mol. The quantitative estimate of drug-likeness (QED) is 0.317. The summed E-state index contributed by atoms with van der Waals surface area (Å²) >= 11 is 0. The van der Waals surface area contributed by atoms with Gasteiger partial charge in [0.2, 0.25) is 5.52 Å². The van der Waals surface area contributed by atoms with Crippen LogP contribution in [0.15, 0.2) is 36.5 Å². The molecule has 1 aromatic carbocycles. The minimum absolute atomic E-state index is 0.583. The molecule has 1 saturated carbocycles. The molecule has 1 fully saturated rings. The number of rotatable bonds is 6. The fraction of sp³-hybridized carbons (Fsp3) is 0.542. The maximum Gasteiger partial charge on any atom is 0.416 e. The summed E-state index contributed by atoms with van der Waals surface area (Å²) in [5.41, 5.74) is 2.19. The molecule has 29 heavy (non-hydrogen) atoms. The molecule has 2 aromatic heterocycles. The van der Waals surface area contributed by atoms with Crippen LogP contribution in [0.2, 0.25) is 0 Å². The first kappa shape index (κ1) is 20.2. The van der Waals surface area contributed by atoms with Gasteiger partial charge < -0.3 is 4.57 Å². The van der Waals surface area contributed by atoms with E-state index in [0.29, 0.717) is 5.39 Å². The number of aromatic nitrogens is 2. The number of fused-ring (bicyclic) bond motifs is 3. The van der Waals surface area contributed by atoms with Gasteiger partial charge in [-0.05, 0) is 36.6 Å². The van der Waals surface area contributed by atoms with Crippen molar-refractivity contribution in [3.63, 3.8) is 0 Å². The van der Waals surface area contributed by atoms with E-state index in [1.165, 1.54) is 63.5 Å². The molecule has 3 aromatic rings. The van der Waals surface area contributed by atoms with E-state index in [4.69, 9.17) is 0 Å². The third-order valence-corrected chi connectivity index (χ3v) is 6.54. The number of nitrogens with zero attached hydrogens (tertiary/aromatic N) is 2. The Kier molecular flexibility index (Phi) is 5.84. The highest BCUT2D eigenvalue weighted by molar-refractivity contribution is 6.04. The number of aryl methyl sites for hydroxylation is 2. The summed E-state index contributed by atoms with van der Waals surface area (Å²) in [5, 5.41) is 0.681. The van der Waals surface area contributed by atoms with Crippen LogP contribution in [0.5, 0.6) is 0 Å². The second-order valence-corrected chi connectivity index (χ2v) is 8.59. The van der Waals surface area contributed by atoms with E-state index in [9.17, 15) is 13.2 Å². The van der Waals surface area contributed by atoms with Gasteiger partial charge in [0.25, 0.3) is 0 Å². The van der Waals surface area contributed by atoms with Crippen LogP contribution >= 0.6 is 0 Å². The first-order valence-corrected chi connectivity index (χ1v) is 10.9. The topological polar surface area (TPSA) is 8.81 Å². The molecule has 0 unspecified atom stereocenters. The SMILES string of the molecule is C[n+]1cccc2c1c1cc(C(F)(F)F)ccc1n2CCCCCC1CCCCC1. The van der Waals surface area contributed by atoms with E-state index in [1.54, 1.807) is 6.07 Å². The van der Waals surface area contributed by atoms with Crippen molar-refractivity contribution in [3.05, 3.63) is 42.1 Å². The van der Waals surface area contributed by atoms with Crippen LogP contribution in [0.3, 0.4) is 0 Å². The van der Waals surface area contributed by atoms with Crippen LogP contribution in [-0.4, -0.2) is 4.57 Å². The summed E-state index contributed by atoms with van der Waals surface area (Å²) in [6, 6.07) is 8.13. The van der Waals surface area contributed by atoms with Crippen molar-refractivity contribution >= 4 is 21.9 Å². The molecule has 5 heteroatoms. The van der Waals surface area contributed by atoms with Gasteiger partial charge >= 0.3 is 6.18 Å². The Morgan fingerprint density at radius 3 is 2.55 bits per heavy atom. The molecule has 0 spiro atoms. The Hall–Kier alpha value is -2.04. The molecule has 0 N–H and O–H groups in total. The molecule has 2 nitrogen and oxygen atoms in total. The van der Waals surface area contributed by atoms with Gasteiger partial charge in [-0.3, -0.25) is 0 Å². The van der Waals surface area contributed by atoms with Crippen LogP contribution in [0.4, 0.5) is 13.2 Å². The van der Waals surface area contributed by atoms with Crippen molar-refractivity contribution in [2.75, 3.05) is 0 Å². The fourth-order valence-electron chi connectivity index (χ4n) is 5.01. The minimum atomic E-state index is -4.32. The maximum absolute atomic E-state index is 13.3. The zero-order chi connectivity index (χ0) is 20.4. The molecule has 1 aliphatic rings. The lowest BCUT2D eigenvalue weighted by Gasteiger charge is -2.21. The molecular formula is C24H30F3N2+. The standard InChI is InChI=1S/C24H30F3N2/c1-28-15-8-12-22-23(28)20-17-19(24(25,26)27)13-14-21(20)29(22)16-7-3-6-11-18-9-4-2-5-10-18/h8,12-15,17-18H,2-7,9-11,16H2,1H3/q+1. The Morgan fingerprint density at radius 1 is 1.00 bits per heavy atom. The molecule has 0 bridgehead atoms. The summed E-state index contributed by atoms with van der Waals surface area (Å²) in [6.45, 7) is 0.847. The third kappa shape index (κ3) is 4.29. The van der Waals surface area contributed by atoms with Crippen LogP contribution in [0.1, 0.15) is 63.4 Å². The number of pyridine rings is 1. The molecular weight excluding hydrogens is 373 g/mol. The first-order valence-electron chi connectivity index (χ1n) is 10.9. The van der Waals surface area contributed by atoms with Crippen LogP contribution < -0.4 is 4.57 Å². The minimum Gasteiger partial charge on any atom is -0.335 e. The zero-order valence-electron chi connectivity index (χ0n) is 17.1. The average molecular weight is 404 g/mol. The number of alkyl halides is 3. The summed E-state index contributed by atoms with van der Waals surface area (Å²) < 4.78 is 43.9. The Balaban J connectivity index is 1.54. The van der Waals surface area contributed by atoms with Crippen LogP contribution in [0.25, 0.3) is 21.9 Å². The summed E-state index contributed by atoms with van der Waals surface area (Å²) in [7, 11) is 1.90. The highest BCUT2D eigenvalue weighted by atomic mass is 19.4. The van der Waals surface area contributed by atoms with E-state index in [-0.39, 0.29) is 0 Å². The highest BCUT2D eigenvalue weighted by Crippen LogP contribution is 2.35. The average Bonchev–Trinajstić information content (AvgIpc) is 3.02. The molecule has 0 radical (unpaired) electrons. The predicted octanol–water partition coefficient (Wildman–Crippen LogP) is 6.78. The van der Waals surface area contributed by atoms with E-state index in [2.05, 4.69) is 4.57 Å². The van der Waals surface area contributed by atoms with Gasteiger partial charge in [0.1, 0.15) is 12.6 Å². The van der Waals surface area contributed by atoms with Crippen molar-refractivity contribution in [3.8, 4) is 0 Å². The van der Waals surface area contributed by atoms with E-state index >= 15 is 0 Å². The summed E-state index contributed by atoms with van der Waals surface area (Å²) in [6.07, 6.45) is 9.37. The largest absolute Gasteiger partial charge is 0.416 e. The zero-order valence-corrected chi connectivity index (χ0v) is 17.1. The Labute approximate surface area is 170 Å². The second kappa shape index (κ2) is 8.37. The van der Waals surface area contributed by atoms with Crippen LogP contribution in [0, 0.1) is 5.92 Å². The third-order valence-electron chi connectivity index (χ3n) is 6.54. The lowest BCUT2D eigenvalue weighted by atomic mass is 9.85. The molecule has 4 rings (SSSR count). The molecule has 0 atom stereocenters. The van der Waals surface area contributed by atoms with Gasteiger partial charge in [-0.1, -0.05) is 51.4 Å². The van der Waals surface area contributed by atoms with Crippen molar-refractivity contribution in [1.29, 1.82) is 0 Å². The maximum atomic E-state index is 13.3. The first-order chi connectivity index (χ1) is 13.9. The van der Waals surface area contributed by atoms with Crippen LogP contribution in [-0.2, 0) is 19.8 Å². The number of hydrogen-bond acceptors (Lipinski definition) is 0. The van der Waals surface area contributed by atoms with Gasteiger partial charge in [0.05, 0.1) is 16.5 Å². The molecule has 1 aliphatic carbocycles. The molecule has 156 valence electrons. The molecule has 0 aliphatic heterocycles. The number of halogens is 3. The van der Waals surface area contributed by atoms with Gasteiger partial charge in [-0.15, -0.1) is 0 Å². The van der Waals surface area contributed by atoms with Crippen molar-refractivity contribution in [1.82, 2.24) is 4.57 Å². The summed E-state index contributed by atoms with van der Waals surface area (Å²) in [4.78, 5) is 0. The Bertz CT molecular complexity index is 981. The van der Waals surface area contributed by atoms with E-state index in [1.807, 2.05) is 29.9 Å². The molecule has 2 heterocycles. The van der Waals surface area contributed by atoms with E-state index < -0.39 is 11.7 Å². The lowest BCUT2D eigenvalue weighted by molar-refractivity contribution is -0.644. The second-order valence-electron chi connectivity index (χ2n) is 8.59. The van der Waals surface area contributed by atoms with Gasteiger partial charge in [0.15, 0.2) is 6.20 Å². The summed E-state index contributed by atoms with van der Waals surface area (Å²) in [5.74, 6) is 0.914. The van der Waals surface area contributed by atoms with Gasteiger partial charge in [-0.25, -0.2) is 0 Å². The molecule has 0 amide bonds. The fourth-order valence-corrected chi connectivity index (χ4v) is 5.01. The van der Waals surface area contributed by atoms with Crippen molar-refractivity contribution in [2.45, 2.75) is 70.5 Å². The Morgan fingerprint density at radius 2 is 1.79 bits per heavy atom. The van der Waals surface area contributed by atoms with Gasteiger partial charge in [-0.2, -0.15) is 17.7 Å². The van der Waals surface area contributed by atoms with Crippen molar-refractivity contribution < 1.29 is 17.7 Å². The van der Waals surface area contributed by atoms with Gasteiger partial charge in [0, 0.05) is 12.6 Å². The van der Waals surface area contributed by atoms with Crippen molar-refractivity contribution in [2.24, 2.45) is 13.0 Å². The van der Waals surface area contributed by atoms with E-state index in [0.717, 1.165) is 35.4 Å². The number of unbranched alkanes of at least 4 members (excludes halogenated alkanes) is 2. The smallest absolute Gasteiger partial charge is 0.335 e.